The molecule has 4 nitrogen and oxygen atoms in total. The van der Waals surface area contributed by atoms with Crippen molar-refractivity contribution in [3.63, 3.8) is 0 Å². The van der Waals surface area contributed by atoms with Gasteiger partial charge in [-0.2, -0.15) is 0 Å². The van der Waals surface area contributed by atoms with Crippen molar-refractivity contribution in [3.05, 3.63) is 42.5 Å². The molecule has 1 aromatic carbocycles. The molecule has 0 saturated carbocycles. The van der Waals surface area contributed by atoms with Crippen molar-refractivity contribution < 1.29 is 14.3 Å². The summed E-state index contributed by atoms with van der Waals surface area (Å²) in [5.41, 5.74) is 0.820. The standard InChI is InChI=1S/C12H13NO3/c1-9(12(15)16-2)8-11(14)13-10-6-4-3-5-7-10/h3-7H,1,8H2,2H3,(H,13,14). The average molecular weight is 219 g/mol. The number of nitrogens with one attached hydrogen (secondary N) is 1. The van der Waals surface area contributed by atoms with E-state index in [4.69, 9.17) is 0 Å². The Labute approximate surface area is 93.9 Å². The number of esters is 1. The summed E-state index contributed by atoms with van der Waals surface area (Å²) in [6.07, 6.45) is -0.0679. The van der Waals surface area contributed by atoms with Gasteiger partial charge in [0.05, 0.1) is 13.5 Å². The van der Waals surface area contributed by atoms with Crippen LogP contribution in [0.25, 0.3) is 0 Å². The molecule has 16 heavy (non-hydrogen) atoms. The smallest absolute Gasteiger partial charge is 0.333 e. The summed E-state index contributed by atoms with van der Waals surface area (Å²) in [6, 6.07) is 9.00. The summed E-state index contributed by atoms with van der Waals surface area (Å²) in [5.74, 6) is -0.857. The number of anilines is 1. The molecule has 84 valence electrons. The highest BCUT2D eigenvalue weighted by Crippen LogP contribution is 2.08. The third kappa shape index (κ3) is 3.57. The first-order chi connectivity index (χ1) is 7.63. The van der Waals surface area contributed by atoms with Gasteiger partial charge in [0, 0.05) is 11.3 Å². The van der Waals surface area contributed by atoms with Gasteiger partial charge in [0.2, 0.25) is 5.91 Å². The quantitative estimate of drug-likeness (QED) is 0.620. The number of hydrogen-bond acceptors (Lipinski definition) is 3. The zero-order valence-corrected chi connectivity index (χ0v) is 9.03. The second-order valence-electron chi connectivity index (χ2n) is 3.19. The van der Waals surface area contributed by atoms with Crippen LogP contribution in [-0.4, -0.2) is 19.0 Å². The monoisotopic (exact) mass is 219 g/mol. The molecule has 1 rings (SSSR count). The van der Waals surface area contributed by atoms with Crippen molar-refractivity contribution in [2.75, 3.05) is 12.4 Å². The van der Waals surface area contributed by atoms with E-state index in [9.17, 15) is 9.59 Å². The summed E-state index contributed by atoms with van der Waals surface area (Å²) >= 11 is 0. The predicted molar refractivity (Wildman–Crippen MR) is 60.8 cm³/mol. The Morgan fingerprint density at radius 3 is 2.50 bits per heavy atom. The number of rotatable bonds is 4. The van der Waals surface area contributed by atoms with Crippen LogP contribution in [0.4, 0.5) is 5.69 Å². The third-order valence-electron chi connectivity index (χ3n) is 1.91. The van der Waals surface area contributed by atoms with Gasteiger partial charge in [-0.15, -0.1) is 0 Å². The predicted octanol–water partition coefficient (Wildman–Crippen LogP) is 1.74. The van der Waals surface area contributed by atoms with Gasteiger partial charge in [-0.1, -0.05) is 24.8 Å². The molecule has 0 aromatic heterocycles. The van der Waals surface area contributed by atoms with E-state index in [-0.39, 0.29) is 17.9 Å². The maximum Gasteiger partial charge on any atom is 0.333 e. The van der Waals surface area contributed by atoms with Gasteiger partial charge in [-0.3, -0.25) is 4.79 Å². The highest BCUT2D eigenvalue weighted by molar-refractivity contribution is 5.99. The second-order valence-corrected chi connectivity index (χ2v) is 3.19. The van der Waals surface area contributed by atoms with E-state index in [1.165, 1.54) is 7.11 Å². The zero-order chi connectivity index (χ0) is 12.0. The van der Waals surface area contributed by atoms with E-state index in [0.717, 1.165) is 0 Å². The fourth-order valence-electron chi connectivity index (χ4n) is 1.14. The van der Waals surface area contributed by atoms with Crippen molar-refractivity contribution in [2.45, 2.75) is 6.42 Å². The van der Waals surface area contributed by atoms with Gasteiger partial charge in [-0.05, 0) is 12.1 Å². The number of para-hydroxylation sites is 1. The van der Waals surface area contributed by atoms with Crippen molar-refractivity contribution >= 4 is 17.6 Å². The molecule has 0 radical (unpaired) electrons. The van der Waals surface area contributed by atoms with Crippen LogP contribution < -0.4 is 5.32 Å². The number of ether oxygens (including phenoxy) is 1. The van der Waals surface area contributed by atoms with Crippen LogP contribution in [0.2, 0.25) is 0 Å². The molecule has 0 aliphatic heterocycles. The molecular formula is C12H13NO3. The molecule has 1 amide bonds. The minimum absolute atomic E-state index is 0.0679. The van der Waals surface area contributed by atoms with Gasteiger partial charge in [0.1, 0.15) is 0 Å². The van der Waals surface area contributed by atoms with Gasteiger partial charge in [-0.25, -0.2) is 4.79 Å². The first-order valence-corrected chi connectivity index (χ1v) is 4.74. The molecule has 0 unspecified atom stereocenters. The highest BCUT2D eigenvalue weighted by Gasteiger charge is 2.11. The Balaban J connectivity index is 2.49. The zero-order valence-electron chi connectivity index (χ0n) is 9.03. The maximum atomic E-state index is 11.5. The maximum absolute atomic E-state index is 11.5. The highest BCUT2D eigenvalue weighted by atomic mass is 16.5. The molecule has 0 heterocycles. The minimum atomic E-state index is -0.566. The van der Waals surface area contributed by atoms with Crippen LogP contribution in [0.1, 0.15) is 6.42 Å². The molecule has 0 atom stereocenters. The molecule has 0 fully saturated rings. The van der Waals surface area contributed by atoms with Crippen LogP contribution in [-0.2, 0) is 14.3 Å². The third-order valence-corrected chi connectivity index (χ3v) is 1.91. The van der Waals surface area contributed by atoms with Gasteiger partial charge in [0.15, 0.2) is 0 Å². The normalized spacial score (nSPS) is 9.31. The molecule has 4 heteroatoms. The van der Waals surface area contributed by atoms with E-state index in [1.807, 2.05) is 18.2 Å². The molecule has 0 bridgehead atoms. The molecular weight excluding hydrogens is 206 g/mol. The summed E-state index contributed by atoms with van der Waals surface area (Å²) in [5, 5.41) is 2.64. The lowest BCUT2D eigenvalue weighted by Crippen LogP contribution is -2.15. The van der Waals surface area contributed by atoms with Crippen LogP contribution >= 0.6 is 0 Å². The van der Waals surface area contributed by atoms with Crippen LogP contribution in [0.5, 0.6) is 0 Å². The van der Waals surface area contributed by atoms with E-state index in [2.05, 4.69) is 16.6 Å². The first kappa shape index (κ1) is 12.0. The Kier molecular flexibility index (Phi) is 4.27. The molecule has 0 spiro atoms. The molecule has 0 saturated heterocycles. The Hall–Kier alpha value is -2.10. The fourth-order valence-corrected chi connectivity index (χ4v) is 1.14. The summed E-state index contributed by atoms with van der Waals surface area (Å²) < 4.78 is 4.44. The summed E-state index contributed by atoms with van der Waals surface area (Å²) in [7, 11) is 1.25. The molecule has 1 aromatic rings. The van der Waals surface area contributed by atoms with Crippen molar-refractivity contribution in [3.8, 4) is 0 Å². The van der Waals surface area contributed by atoms with E-state index >= 15 is 0 Å². The van der Waals surface area contributed by atoms with Crippen LogP contribution in [0, 0.1) is 0 Å². The second kappa shape index (κ2) is 5.70. The molecule has 1 N–H and O–H groups in total. The number of hydrogen-bond donors (Lipinski definition) is 1. The molecule has 0 aliphatic carbocycles. The lowest BCUT2D eigenvalue weighted by molar-refractivity contribution is -0.137. The average Bonchev–Trinajstić information content (AvgIpc) is 2.29. The van der Waals surface area contributed by atoms with E-state index in [1.54, 1.807) is 12.1 Å². The van der Waals surface area contributed by atoms with Crippen molar-refractivity contribution in [1.82, 2.24) is 0 Å². The number of benzene rings is 1. The van der Waals surface area contributed by atoms with Crippen molar-refractivity contribution in [2.24, 2.45) is 0 Å². The van der Waals surface area contributed by atoms with E-state index < -0.39 is 5.97 Å². The number of carbonyl (C=O) groups excluding carboxylic acids is 2. The molecule has 0 aliphatic rings. The fraction of sp³-hybridized carbons (Fsp3) is 0.167. The minimum Gasteiger partial charge on any atom is -0.466 e. The summed E-state index contributed by atoms with van der Waals surface area (Å²) in [6.45, 7) is 3.47. The lowest BCUT2D eigenvalue weighted by Gasteiger charge is -2.05. The van der Waals surface area contributed by atoms with Crippen LogP contribution in [0.3, 0.4) is 0 Å². The van der Waals surface area contributed by atoms with E-state index in [0.29, 0.717) is 5.69 Å². The lowest BCUT2D eigenvalue weighted by atomic mass is 10.2. The topological polar surface area (TPSA) is 55.4 Å². The Morgan fingerprint density at radius 1 is 1.31 bits per heavy atom. The van der Waals surface area contributed by atoms with Gasteiger partial charge >= 0.3 is 5.97 Å². The van der Waals surface area contributed by atoms with Gasteiger partial charge in [0.25, 0.3) is 0 Å². The number of amides is 1. The number of methoxy groups -OCH3 is 1. The Bertz CT molecular complexity index is 398. The Morgan fingerprint density at radius 2 is 1.94 bits per heavy atom. The number of carbonyl (C=O) groups is 2. The first-order valence-electron chi connectivity index (χ1n) is 4.74. The summed E-state index contributed by atoms with van der Waals surface area (Å²) in [4.78, 5) is 22.5. The SMILES string of the molecule is C=C(CC(=O)Nc1ccccc1)C(=O)OC. The van der Waals surface area contributed by atoms with Crippen LogP contribution in [0.15, 0.2) is 42.5 Å². The van der Waals surface area contributed by atoms with Gasteiger partial charge < -0.3 is 10.1 Å². The largest absolute Gasteiger partial charge is 0.466 e. The van der Waals surface area contributed by atoms with Crippen molar-refractivity contribution in [1.29, 1.82) is 0 Å².